The van der Waals surface area contributed by atoms with Crippen LogP contribution in [0.2, 0.25) is 15.1 Å². The highest BCUT2D eigenvalue weighted by atomic mass is 35.5. The van der Waals surface area contributed by atoms with Crippen LogP contribution < -0.4 is 10.1 Å². The summed E-state index contributed by atoms with van der Waals surface area (Å²) >= 11 is 17.9. The fraction of sp³-hybridized carbons (Fsp3) is 0.176. The molecule has 5 nitrogen and oxygen atoms in total. The lowest BCUT2D eigenvalue weighted by Crippen LogP contribution is -2.13. The Bertz CT molecular complexity index is 824. The van der Waals surface area contributed by atoms with Gasteiger partial charge in [-0.05, 0) is 31.2 Å². The SMILES string of the molecule is CCOC(=O)c1cc(Cl)c(NC(=O)c2ccc(Cl)c(Cl)c2)cc1OC. The summed E-state index contributed by atoms with van der Waals surface area (Å²) in [6, 6.07) is 7.32. The van der Waals surface area contributed by atoms with Gasteiger partial charge in [0.1, 0.15) is 11.3 Å². The minimum atomic E-state index is -0.566. The molecule has 25 heavy (non-hydrogen) atoms. The van der Waals surface area contributed by atoms with Crippen molar-refractivity contribution in [3.63, 3.8) is 0 Å². The number of benzene rings is 2. The highest BCUT2D eigenvalue weighted by Gasteiger charge is 2.18. The number of hydrogen-bond donors (Lipinski definition) is 1. The van der Waals surface area contributed by atoms with Crippen molar-refractivity contribution >= 4 is 52.4 Å². The maximum atomic E-state index is 12.3. The van der Waals surface area contributed by atoms with Crippen LogP contribution in [0.3, 0.4) is 0 Å². The second-order valence-electron chi connectivity index (χ2n) is 4.84. The Labute approximate surface area is 159 Å². The van der Waals surface area contributed by atoms with Crippen molar-refractivity contribution in [2.24, 2.45) is 0 Å². The van der Waals surface area contributed by atoms with Gasteiger partial charge < -0.3 is 14.8 Å². The average molecular weight is 403 g/mol. The molecule has 0 saturated carbocycles. The van der Waals surface area contributed by atoms with Crippen molar-refractivity contribution in [3.05, 3.63) is 56.5 Å². The number of methoxy groups -OCH3 is 1. The fourth-order valence-corrected chi connectivity index (χ4v) is 2.53. The number of rotatable bonds is 5. The molecule has 0 saturated heterocycles. The van der Waals surface area contributed by atoms with E-state index in [2.05, 4.69) is 5.32 Å². The predicted octanol–water partition coefficient (Wildman–Crippen LogP) is 5.08. The second-order valence-corrected chi connectivity index (χ2v) is 6.06. The third-order valence-corrected chi connectivity index (χ3v) is 4.27. The molecule has 1 N–H and O–H groups in total. The van der Waals surface area contributed by atoms with Gasteiger partial charge in [-0.25, -0.2) is 4.79 Å². The summed E-state index contributed by atoms with van der Waals surface area (Å²) in [6.45, 7) is 1.91. The molecule has 0 aromatic heterocycles. The monoisotopic (exact) mass is 401 g/mol. The van der Waals surface area contributed by atoms with Crippen LogP contribution in [0.4, 0.5) is 5.69 Å². The molecule has 0 fully saturated rings. The fourth-order valence-electron chi connectivity index (χ4n) is 2.02. The number of carbonyl (C=O) groups excluding carboxylic acids is 2. The predicted molar refractivity (Wildman–Crippen MR) is 98.4 cm³/mol. The van der Waals surface area contributed by atoms with Gasteiger partial charge >= 0.3 is 5.97 Å². The number of esters is 1. The molecular formula is C17H14Cl3NO4. The standard InChI is InChI=1S/C17H14Cl3NO4/c1-3-25-17(23)10-7-13(20)14(8-15(10)24-2)21-16(22)9-4-5-11(18)12(19)6-9/h4-8H,3H2,1-2H3,(H,21,22). The van der Waals surface area contributed by atoms with Gasteiger partial charge in [-0.1, -0.05) is 34.8 Å². The number of nitrogens with one attached hydrogen (secondary N) is 1. The zero-order chi connectivity index (χ0) is 18.6. The second kappa shape index (κ2) is 8.43. The molecule has 0 atom stereocenters. The van der Waals surface area contributed by atoms with E-state index in [4.69, 9.17) is 44.3 Å². The molecule has 0 aliphatic carbocycles. The van der Waals surface area contributed by atoms with E-state index in [1.54, 1.807) is 6.92 Å². The zero-order valence-corrected chi connectivity index (χ0v) is 15.6. The molecule has 0 bridgehead atoms. The number of carbonyl (C=O) groups is 2. The van der Waals surface area contributed by atoms with Gasteiger partial charge in [0, 0.05) is 11.6 Å². The summed E-state index contributed by atoms with van der Waals surface area (Å²) < 4.78 is 10.1. The molecule has 0 radical (unpaired) electrons. The minimum Gasteiger partial charge on any atom is -0.496 e. The summed E-state index contributed by atoms with van der Waals surface area (Å²) in [6.07, 6.45) is 0. The van der Waals surface area contributed by atoms with E-state index < -0.39 is 11.9 Å². The lowest BCUT2D eigenvalue weighted by atomic mass is 10.1. The molecule has 132 valence electrons. The maximum absolute atomic E-state index is 12.3. The van der Waals surface area contributed by atoms with E-state index in [0.717, 1.165) is 0 Å². The molecule has 8 heteroatoms. The van der Waals surface area contributed by atoms with Gasteiger partial charge in [0.15, 0.2) is 0 Å². The quantitative estimate of drug-likeness (QED) is 0.708. The molecule has 0 unspecified atom stereocenters. The third-order valence-electron chi connectivity index (χ3n) is 3.21. The topological polar surface area (TPSA) is 64.6 Å². The Morgan fingerprint density at radius 2 is 1.76 bits per heavy atom. The highest BCUT2D eigenvalue weighted by Crippen LogP contribution is 2.32. The van der Waals surface area contributed by atoms with Crippen molar-refractivity contribution in [2.75, 3.05) is 19.0 Å². The van der Waals surface area contributed by atoms with E-state index in [0.29, 0.717) is 10.6 Å². The van der Waals surface area contributed by atoms with Crippen molar-refractivity contribution in [1.29, 1.82) is 0 Å². The summed E-state index contributed by atoms with van der Waals surface area (Å²) in [7, 11) is 1.40. The Kier molecular flexibility index (Phi) is 6.53. The van der Waals surface area contributed by atoms with Gasteiger partial charge in [0.05, 0.1) is 34.5 Å². The molecule has 0 aliphatic heterocycles. The van der Waals surface area contributed by atoms with E-state index in [9.17, 15) is 9.59 Å². The molecule has 0 aliphatic rings. The number of anilines is 1. The van der Waals surface area contributed by atoms with E-state index in [-0.39, 0.29) is 33.7 Å². The van der Waals surface area contributed by atoms with Crippen LogP contribution in [-0.2, 0) is 4.74 Å². The maximum Gasteiger partial charge on any atom is 0.341 e. The largest absolute Gasteiger partial charge is 0.496 e. The first-order chi connectivity index (χ1) is 11.9. The molecular weight excluding hydrogens is 389 g/mol. The third kappa shape index (κ3) is 4.57. The zero-order valence-electron chi connectivity index (χ0n) is 13.4. The first kappa shape index (κ1) is 19.4. The molecule has 2 rings (SSSR count). The summed E-state index contributed by atoms with van der Waals surface area (Å²) in [4.78, 5) is 24.3. The van der Waals surface area contributed by atoms with Gasteiger partial charge in [0.2, 0.25) is 0 Å². The Balaban J connectivity index is 2.31. The van der Waals surface area contributed by atoms with Crippen molar-refractivity contribution in [1.82, 2.24) is 0 Å². The first-order valence-electron chi connectivity index (χ1n) is 7.18. The minimum absolute atomic E-state index is 0.164. The normalized spacial score (nSPS) is 10.3. The smallest absolute Gasteiger partial charge is 0.341 e. The molecule has 1 amide bonds. The van der Waals surface area contributed by atoms with Crippen LogP contribution in [0.1, 0.15) is 27.6 Å². The highest BCUT2D eigenvalue weighted by molar-refractivity contribution is 6.42. The Hall–Kier alpha value is -1.95. The number of halogens is 3. The van der Waals surface area contributed by atoms with Crippen molar-refractivity contribution < 1.29 is 19.1 Å². The van der Waals surface area contributed by atoms with Gasteiger partial charge in [-0.3, -0.25) is 4.79 Å². The molecule has 0 spiro atoms. The van der Waals surface area contributed by atoms with E-state index in [1.807, 2.05) is 0 Å². The molecule has 2 aromatic rings. The summed E-state index contributed by atoms with van der Waals surface area (Å²) in [5.41, 5.74) is 0.753. The van der Waals surface area contributed by atoms with Crippen LogP contribution in [0.15, 0.2) is 30.3 Å². The lowest BCUT2D eigenvalue weighted by Gasteiger charge is -2.13. The van der Waals surface area contributed by atoms with E-state index in [1.165, 1.54) is 37.4 Å². The number of amides is 1. The van der Waals surface area contributed by atoms with Gasteiger partial charge in [0.25, 0.3) is 5.91 Å². The van der Waals surface area contributed by atoms with E-state index >= 15 is 0 Å². The van der Waals surface area contributed by atoms with Crippen LogP contribution in [0, 0.1) is 0 Å². The van der Waals surface area contributed by atoms with Crippen molar-refractivity contribution in [2.45, 2.75) is 6.92 Å². The lowest BCUT2D eigenvalue weighted by molar-refractivity contribution is 0.0522. The van der Waals surface area contributed by atoms with Gasteiger partial charge in [-0.15, -0.1) is 0 Å². The summed E-state index contributed by atoms with van der Waals surface area (Å²) in [5.74, 6) is -0.776. The number of hydrogen-bond acceptors (Lipinski definition) is 4. The summed E-state index contributed by atoms with van der Waals surface area (Å²) in [5, 5.41) is 3.41. The Morgan fingerprint density at radius 3 is 2.36 bits per heavy atom. The Morgan fingerprint density at radius 1 is 1.04 bits per heavy atom. The van der Waals surface area contributed by atoms with Gasteiger partial charge in [-0.2, -0.15) is 0 Å². The van der Waals surface area contributed by atoms with Crippen LogP contribution >= 0.6 is 34.8 Å². The molecule has 2 aromatic carbocycles. The van der Waals surface area contributed by atoms with Crippen molar-refractivity contribution in [3.8, 4) is 5.75 Å². The first-order valence-corrected chi connectivity index (χ1v) is 8.31. The van der Waals surface area contributed by atoms with Crippen LogP contribution in [0.5, 0.6) is 5.75 Å². The van der Waals surface area contributed by atoms with Crippen LogP contribution in [0.25, 0.3) is 0 Å². The van der Waals surface area contributed by atoms with Crippen LogP contribution in [-0.4, -0.2) is 25.6 Å². The average Bonchev–Trinajstić information content (AvgIpc) is 2.58. The molecule has 0 heterocycles. The number of ether oxygens (including phenoxy) is 2.